The topological polar surface area (TPSA) is 58.2 Å². The van der Waals surface area contributed by atoms with Gasteiger partial charge in [0.25, 0.3) is 5.91 Å². The van der Waals surface area contributed by atoms with E-state index in [1.54, 1.807) is 0 Å². The first kappa shape index (κ1) is 12.0. The Labute approximate surface area is 106 Å². The number of carbonyl (C=O) groups is 2. The van der Waals surface area contributed by atoms with Crippen LogP contribution in [0.5, 0.6) is 0 Å². The van der Waals surface area contributed by atoms with Gasteiger partial charge in [0.2, 0.25) is 5.91 Å². The standard InChI is InChI=1S/C11H10BrFN2O2/c12-7-3-4-9(13)8(5-7)11(17)15-14-10(16)6-1-2-6/h3-6H,1-2H2,(H,14,16)(H,15,17). The fraction of sp³-hybridized carbons (Fsp3) is 0.273. The average Bonchev–Trinajstić information content (AvgIpc) is 3.12. The van der Waals surface area contributed by atoms with Crippen molar-refractivity contribution >= 4 is 27.7 Å². The number of nitrogens with one attached hydrogen (secondary N) is 2. The third-order valence-corrected chi connectivity index (χ3v) is 2.91. The molecule has 0 spiro atoms. The number of halogens is 2. The van der Waals surface area contributed by atoms with Crippen molar-refractivity contribution in [2.24, 2.45) is 5.92 Å². The number of amides is 2. The maximum Gasteiger partial charge on any atom is 0.272 e. The second-order valence-corrected chi connectivity index (χ2v) is 4.76. The van der Waals surface area contributed by atoms with Crippen LogP contribution in [0.25, 0.3) is 0 Å². The van der Waals surface area contributed by atoms with E-state index in [-0.39, 0.29) is 17.4 Å². The Bertz CT molecular complexity index is 475. The van der Waals surface area contributed by atoms with Gasteiger partial charge in [-0.3, -0.25) is 20.4 Å². The van der Waals surface area contributed by atoms with Crippen molar-refractivity contribution in [2.75, 3.05) is 0 Å². The molecule has 0 radical (unpaired) electrons. The van der Waals surface area contributed by atoms with E-state index < -0.39 is 11.7 Å². The number of benzene rings is 1. The van der Waals surface area contributed by atoms with Gasteiger partial charge in [0.05, 0.1) is 5.56 Å². The van der Waals surface area contributed by atoms with Crippen LogP contribution < -0.4 is 10.9 Å². The molecule has 2 rings (SSSR count). The van der Waals surface area contributed by atoms with E-state index in [4.69, 9.17) is 0 Å². The van der Waals surface area contributed by atoms with E-state index in [2.05, 4.69) is 26.8 Å². The highest BCUT2D eigenvalue weighted by atomic mass is 79.9. The zero-order valence-corrected chi connectivity index (χ0v) is 10.4. The highest BCUT2D eigenvalue weighted by Gasteiger charge is 2.29. The molecule has 90 valence electrons. The summed E-state index contributed by atoms with van der Waals surface area (Å²) in [6.07, 6.45) is 1.68. The first-order chi connectivity index (χ1) is 8.08. The number of hydrogen-bond donors (Lipinski definition) is 2. The largest absolute Gasteiger partial charge is 0.273 e. The number of hydrazine groups is 1. The summed E-state index contributed by atoms with van der Waals surface area (Å²) in [6.45, 7) is 0. The second-order valence-electron chi connectivity index (χ2n) is 3.84. The molecule has 1 saturated carbocycles. The predicted molar refractivity (Wildman–Crippen MR) is 62.4 cm³/mol. The number of rotatable bonds is 2. The highest BCUT2D eigenvalue weighted by Crippen LogP contribution is 2.28. The molecule has 1 fully saturated rings. The maximum absolute atomic E-state index is 13.3. The molecule has 17 heavy (non-hydrogen) atoms. The second kappa shape index (κ2) is 4.83. The molecule has 1 aromatic carbocycles. The number of carbonyl (C=O) groups excluding carboxylic acids is 2. The summed E-state index contributed by atoms with van der Waals surface area (Å²) in [5, 5.41) is 0. The summed E-state index contributed by atoms with van der Waals surface area (Å²) in [4.78, 5) is 22.8. The Morgan fingerprint density at radius 1 is 1.29 bits per heavy atom. The van der Waals surface area contributed by atoms with Crippen molar-refractivity contribution in [3.63, 3.8) is 0 Å². The predicted octanol–water partition coefficient (Wildman–Crippen LogP) is 1.76. The van der Waals surface area contributed by atoms with Gasteiger partial charge in [-0.25, -0.2) is 4.39 Å². The van der Waals surface area contributed by atoms with E-state index in [1.165, 1.54) is 18.2 Å². The van der Waals surface area contributed by atoms with Gasteiger partial charge in [0.15, 0.2) is 0 Å². The highest BCUT2D eigenvalue weighted by molar-refractivity contribution is 9.10. The molecule has 1 aliphatic rings. The molecule has 2 amide bonds. The van der Waals surface area contributed by atoms with Crippen LogP contribution in [-0.2, 0) is 4.79 Å². The van der Waals surface area contributed by atoms with Crippen LogP contribution in [0.3, 0.4) is 0 Å². The van der Waals surface area contributed by atoms with Crippen LogP contribution in [0.4, 0.5) is 4.39 Å². The van der Waals surface area contributed by atoms with Gasteiger partial charge in [0, 0.05) is 10.4 Å². The zero-order valence-electron chi connectivity index (χ0n) is 8.80. The molecule has 0 unspecified atom stereocenters. The normalized spacial score (nSPS) is 14.2. The molecule has 2 N–H and O–H groups in total. The molecular formula is C11H10BrFN2O2. The number of hydrogen-bond acceptors (Lipinski definition) is 2. The lowest BCUT2D eigenvalue weighted by Gasteiger charge is -2.07. The lowest BCUT2D eigenvalue weighted by molar-refractivity contribution is -0.123. The molecule has 4 nitrogen and oxygen atoms in total. The Hall–Kier alpha value is -1.43. The van der Waals surface area contributed by atoms with Crippen LogP contribution in [0, 0.1) is 11.7 Å². The molecular weight excluding hydrogens is 291 g/mol. The van der Waals surface area contributed by atoms with E-state index >= 15 is 0 Å². The van der Waals surface area contributed by atoms with Crippen molar-refractivity contribution < 1.29 is 14.0 Å². The quantitative estimate of drug-likeness (QED) is 0.818. The lowest BCUT2D eigenvalue weighted by atomic mass is 10.2. The third kappa shape index (κ3) is 3.03. The van der Waals surface area contributed by atoms with Crippen molar-refractivity contribution in [2.45, 2.75) is 12.8 Å². The first-order valence-corrected chi connectivity index (χ1v) is 5.92. The van der Waals surface area contributed by atoms with Crippen molar-refractivity contribution in [3.8, 4) is 0 Å². The van der Waals surface area contributed by atoms with Crippen molar-refractivity contribution in [3.05, 3.63) is 34.1 Å². The minimum Gasteiger partial charge on any atom is -0.273 e. The molecule has 0 saturated heterocycles. The lowest BCUT2D eigenvalue weighted by Crippen LogP contribution is -2.42. The van der Waals surface area contributed by atoms with Crippen LogP contribution in [0.15, 0.2) is 22.7 Å². The summed E-state index contributed by atoms with van der Waals surface area (Å²) >= 11 is 3.14. The van der Waals surface area contributed by atoms with E-state index in [1.807, 2.05) is 0 Å². The van der Waals surface area contributed by atoms with Crippen LogP contribution >= 0.6 is 15.9 Å². The summed E-state index contributed by atoms with van der Waals surface area (Å²) in [7, 11) is 0. The fourth-order valence-electron chi connectivity index (χ4n) is 1.30. The van der Waals surface area contributed by atoms with E-state index in [9.17, 15) is 14.0 Å². The Kier molecular flexibility index (Phi) is 3.42. The first-order valence-electron chi connectivity index (χ1n) is 5.13. The third-order valence-electron chi connectivity index (χ3n) is 2.42. The summed E-state index contributed by atoms with van der Waals surface area (Å²) < 4.78 is 13.9. The van der Waals surface area contributed by atoms with Gasteiger partial charge < -0.3 is 0 Å². The Balaban J connectivity index is 1.98. The van der Waals surface area contributed by atoms with Crippen molar-refractivity contribution in [1.29, 1.82) is 0 Å². The van der Waals surface area contributed by atoms with Crippen LogP contribution in [0.1, 0.15) is 23.2 Å². The molecule has 0 heterocycles. The van der Waals surface area contributed by atoms with Crippen LogP contribution in [0.2, 0.25) is 0 Å². The molecule has 1 aromatic rings. The SMILES string of the molecule is O=C(NNC(=O)C1CC1)c1cc(Br)ccc1F. The summed E-state index contributed by atoms with van der Waals surface area (Å²) in [6, 6.07) is 4.03. The van der Waals surface area contributed by atoms with Gasteiger partial charge >= 0.3 is 0 Å². The molecule has 6 heteroatoms. The fourth-order valence-corrected chi connectivity index (χ4v) is 1.67. The molecule has 1 aliphatic carbocycles. The molecule has 0 aromatic heterocycles. The minimum atomic E-state index is -0.669. The van der Waals surface area contributed by atoms with E-state index in [0.29, 0.717) is 4.47 Å². The van der Waals surface area contributed by atoms with Gasteiger partial charge in [-0.15, -0.1) is 0 Å². The minimum absolute atomic E-state index is 0.0114. The average molecular weight is 301 g/mol. The smallest absolute Gasteiger partial charge is 0.272 e. The van der Waals surface area contributed by atoms with Gasteiger partial charge in [-0.2, -0.15) is 0 Å². The maximum atomic E-state index is 13.3. The molecule has 0 aliphatic heterocycles. The van der Waals surface area contributed by atoms with Crippen LogP contribution in [-0.4, -0.2) is 11.8 Å². The van der Waals surface area contributed by atoms with E-state index in [0.717, 1.165) is 12.8 Å². The van der Waals surface area contributed by atoms with Gasteiger partial charge in [-0.05, 0) is 31.0 Å². The summed E-state index contributed by atoms with van der Waals surface area (Å²) in [5.41, 5.74) is 4.34. The summed E-state index contributed by atoms with van der Waals surface area (Å²) in [5.74, 6) is -1.54. The molecule has 0 atom stereocenters. The van der Waals surface area contributed by atoms with Gasteiger partial charge in [0.1, 0.15) is 5.82 Å². The van der Waals surface area contributed by atoms with Gasteiger partial charge in [-0.1, -0.05) is 15.9 Å². The van der Waals surface area contributed by atoms with Crippen molar-refractivity contribution in [1.82, 2.24) is 10.9 Å². The molecule has 0 bridgehead atoms. The Morgan fingerprint density at radius 3 is 2.65 bits per heavy atom. The Morgan fingerprint density at radius 2 is 2.00 bits per heavy atom. The zero-order chi connectivity index (χ0) is 12.4. The monoisotopic (exact) mass is 300 g/mol.